The van der Waals surface area contributed by atoms with Crippen LogP contribution in [0.25, 0.3) is 0 Å². The first-order chi connectivity index (χ1) is 8.54. The van der Waals surface area contributed by atoms with Gasteiger partial charge >= 0.3 is 0 Å². The molecule has 2 unspecified atom stereocenters. The molecule has 0 aliphatic carbocycles. The number of rotatable bonds is 7. The summed E-state index contributed by atoms with van der Waals surface area (Å²) in [7, 11) is 0. The molecule has 0 aromatic heterocycles. The molecule has 0 saturated heterocycles. The van der Waals surface area contributed by atoms with Crippen LogP contribution < -0.4 is 10.1 Å². The highest BCUT2D eigenvalue weighted by Gasteiger charge is 2.11. The number of nitrogens with one attached hydrogen (secondary N) is 1. The van der Waals surface area contributed by atoms with Crippen molar-refractivity contribution in [3.05, 3.63) is 28.2 Å². The van der Waals surface area contributed by atoms with Gasteiger partial charge in [-0.2, -0.15) is 0 Å². The van der Waals surface area contributed by atoms with Crippen LogP contribution in [-0.4, -0.2) is 24.4 Å². The lowest BCUT2D eigenvalue weighted by Crippen LogP contribution is -2.19. The SMILES string of the molecule is CCNC(C)c1ccc(Br)cc1OCCC(C)O. The predicted molar refractivity (Wildman–Crippen MR) is 78.0 cm³/mol. The Kier molecular flexibility index (Phi) is 6.68. The summed E-state index contributed by atoms with van der Waals surface area (Å²) in [5.74, 6) is 0.874. The van der Waals surface area contributed by atoms with Crippen molar-refractivity contribution in [1.82, 2.24) is 5.32 Å². The largest absolute Gasteiger partial charge is 0.493 e. The predicted octanol–water partition coefficient (Wildman–Crippen LogP) is 3.27. The summed E-state index contributed by atoms with van der Waals surface area (Å²) in [6.07, 6.45) is 0.313. The highest BCUT2D eigenvalue weighted by Crippen LogP contribution is 2.28. The van der Waals surface area contributed by atoms with Crippen LogP contribution in [0.2, 0.25) is 0 Å². The van der Waals surface area contributed by atoms with Crippen molar-refractivity contribution in [2.45, 2.75) is 39.3 Å². The van der Waals surface area contributed by atoms with Gasteiger partial charge in [0.15, 0.2) is 0 Å². The molecule has 1 aromatic carbocycles. The zero-order valence-corrected chi connectivity index (χ0v) is 12.8. The van der Waals surface area contributed by atoms with E-state index in [4.69, 9.17) is 4.74 Å². The zero-order chi connectivity index (χ0) is 13.5. The lowest BCUT2D eigenvalue weighted by Gasteiger charge is -2.18. The highest BCUT2D eigenvalue weighted by atomic mass is 79.9. The maximum Gasteiger partial charge on any atom is 0.125 e. The molecular weight excluding hydrogens is 294 g/mol. The van der Waals surface area contributed by atoms with Crippen LogP contribution in [0.1, 0.15) is 38.8 Å². The van der Waals surface area contributed by atoms with E-state index in [0.29, 0.717) is 13.0 Å². The van der Waals surface area contributed by atoms with Crippen LogP contribution in [-0.2, 0) is 0 Å². The molecule has 2 atom stereocenters. The summed E-state index contributed by atoms with van der Waals surface area (Å²) in [6.45, 7) is 7.42. The summed E-state index contributed by atoms with van der Waals surface area (Å²) < 4.78 is 6.77. The molecule has 2 N–H and O–H groups in total. The Morgan fingerprint density at radius 1 is 1.39 bits per heavy atom. The number of halogens is 1. The quantitative estimate of drug-likeness (QED) is 0.811. The van der Waals surface area contributed by atoms with Gasteiger partial charge in [-0.25, -0.2) is 0 Å². The van der Waals surface area contributed by atoms with Gasteiger partial charge in [-0.05, 0) is 32.5 Å². The van der Waals surface area contributed by atoms with E-state index in [2.05, 4.69) is 41.2 Å². The van der Waals surface area contributed by atoms with Gasteiger partial charge in [0.25, 0.3) is 0 Å². The first kappa shape index (κ1) is 15.5. The minimum absolute atomic E-state index is 0.254. The van der Waals surface area contributed by atoms with Crippen LogP contribution in [0.15, 0.2) is 22.7 Å². The van der Waals surface area contributed by atoms with Crippen molar-refractivity contribution in [2.24, 2.45) is 0 Å². The lowest BCUT2D eigenvalue weighted by molar-refractivity contribution is 0.155. The van der Waals surface area contributed by atoms with E-state index in [1.807, 2.05) is 12.1 Å². The van der Waals surface area contributed by atoms with Gasteiger partial charge in [-0.1, -0.05) is 28.9 Å². The molecule has 0 spiro atoms. The van der Waals surface area contributed by atoms with E-state index in [1.54, 1.807) is 6.92 Å². The Morgan fingerprint density at radius 3 is 2.72 bits per heavy atom. The Hall–Kier alpha value is -0.580. The molecule has 0 saturated carbocycles. The van der Waals surface area contributed by atoms with E-state index in [9.17, 15) is 5.11 Å². The summed E-state index contributed by atoms with van der Waals surface area (Å²) in [4.78, 5) is 0. The third kappa shape index (κ3) is 4.96. The first-order valence-corrected chi connectivity index (χ1v) is 7.17. The Morgan fingerprint density at radius 2 is 2.11 bits per heavy atom. The Balaban J connectivity index is 2.76. The molecule has 18 heavy (non-hydrogen) atoms. The van der Waals surface area contributed by atoms with Crippen molar-refractivity contribution in [1.29, 1.82) is 0 Å². The average Bonchev–Trinajstić information content (AvgIpc) is 2.29. The molecule has 0 amide bonds. The molecule has 102 valence electrons. The topological polar surface area (TPSA) is 41.5 Å². The maximum atomic E-state index is 9.25. The molecule has 0 aliphatic heterocycles. The molecule has 0 bridgehead atoms. The van der Waals surface area contributed by atoms with Crippen molar-refractivity contribution in [2.75, 3.05) is 13.2 Å². The minimum Gasteiger partial charge on any atom is -0.493 e. The summed E-state index contributed by atoms with van der Waals surface area (Å²) in [5.41, 5.74) is 1.14. The summed E-state index contributed by atoms with van der Waals surface area (Å²) in [6, 6.07) is 6.31. The second-order valence-corrected chi connectivity index (χ2v) is 5.36. The smallest absolute Gasteiger partial charge is 0.125 e. The zero-order valence-electron chi connectivity index (χ0n) is 11.2. The normalized spacial score (nSPS) is 14.3. The Bertz CT molecular complexity index is 369. The number of hydrogen-bond acceptors (Lipinski definition) is 3. The molecule has 0 radical (unpaired) electrons. The van der Waals surface area contributed by atoms with E-state index in [-0.39, 0.29) is 12.1 Å². The number of benzene rings is 1. The number of hydrogen-bond donors (Lipinski definition) is 2. The molecule has 0 fully saturated rings. The fraction of sp³-hybridized carbons (Fsp3) is 0.571. The fourth-order valence-corrected chi connectivity index (χ4v) is 2.09. The molecule has 0 aliphatic rings. The molecule has 0 heterocycles. The van der Waals surface area contributed by atoms with Crippen molar-refractivity contribution in [3.63, 3.8) is 0 Å². The van der Waals surface area contributed by atoms with Gasteiger partial charge in [-0.15, -0.1) is 0 Å². The molecule has 3 nitrogen and oxygen atoms in total. The fourth-order valence-electron chi connectivity index (χ4n) is 1.75. The van der Waals surface area contributed by atoms with Gasteiger partial charge in [0, 0.05) is 22.5 Å². The van der Waals surface area contributed by atoms with Crippen molar-refractivity contribution < 1.29 is 9.84 Å². The number of aliphatic hydroxyl groups is 1. The standard InChI is InChI=1S/C14H22BrNO2/c1-4-16-11(3)13-6-5-12(15)9-14(13)18-8-7-10(2)17/h5-6,9-11,16-17H,4,7-8H2,1-3H3. The van der Waals surface area contributed by atoms with E-state index >= 15 is 0 Å². The third-order valence-corrected chi connectivity index (χ3v) is 3.24. The van der Waals surface area contributed by atoms with Crippen molar-refractivity contribution >= 4 is 15.9 Å². The minimum atomic E-state index is -0.327. The van der Waals surface area contributed by atoms with Gasteiger partial charge in [0.05, 0.1) is 12.7 Å². The third-order valence-electron chi connectivity index (χ3n) is 2.75. The van der Waals surface area contributed by atoms with Crippen LogP contribution >= 0.6 is 15.9 Å². The van der Waals surface area contributed by atoms with E-state index in [0.717, 1.165) is 22.3 Å². The number of aliphatic hydroxyl groups excluding tert-OH is 1. The van der Waals surface area contributed by atoms with Crippen LogP contribution in [0.4, 0.5) is 0 Å². The second kappa shape index (κ2) is 7.77. The molecule has 1 rings (SSSR count). The highest BCUT2D eigenvalue weighted by molar-refractivity contribution is 9.10. The molecule has 1 aromatic rings. The maximum absolute atomic E-state index is 9.25. The van der Waals surface area contributed by atoms with Gasteiger partial charge < -0.3 is 15.2 Å². The second-order valence-electron chi connectivity index (χ2n) is 4.45. The van der Waals surface area contributed by atoms with E-state index in [1.165, 1.54) is 0 Å². The van der Waals surface area contributed by atoms with Crippen molar-refractivity contribution in [3.8, 4) is 5.75 Å². The van der Waals surface area contributed by atoms with Crippen LogP contribution in [0.3, 0.4) is 0 Å². The average molecular weight is 316 g/mol. The molecule has 4 heteroatoms. The first-order valence-electron chi connectivity index (χ1n) is 6.38. The van der Waals surface area contributed by atoms with Crippen LogP contribution in [0.5, 0.6) is 5.75 Å². The van der Waals surface area contributed by atoms with Gasteiger partial charge in [0.2, 0.25) is 0 Å². The number of ether oxygens (including phenoxy) is 1. The van der Waals surface area contributed by atoms with Gasteiger partial charge in [-0.3, -0.25) is 0 Å². The molecular formula is C14H22BrNO2. The van der Waals surface area contributed by atoms with E-state index < -0.39 is 0 Å². The summed E-state index contributed by atoms with van der Waals surface area (Å²) in [5, 5.41) is 12.6. The lowest BCUT2D eigenvalue weighted by atomic mass is 10.1. The van der Waals surface area contributed by atoms with Gasteiger partial charge in [0.1, 0.15) is 5.75 Å². The monoisotopic (exact) mass is 315 g/mol. The summed E-state index contributed by atoms with van der Waals surface area (Å²) >= 11 is 3.46. The van der Waals surface area contributed by atoms with Crippen LogP contribution in [0, 0.1) is 0 Å². The Labute approximate surface area is 118 Å².